The van der Waals surface area contributed by atoms with Gasteiger partial charge in [-0.15, -0.1) is 0 Å². The Balaban J connectivity index is 0.000000188. The van der Waals surface area contributed by atoms with Crippen molar-refractivity contribution in [2.45, 2.75) is 214 Å². The summed E-state index contributed by atoms with van der Waals surface area (Å²) in [4.78, 5) is 0. The van der Waals surface area contributed by atoms with Gasteiger partial charge >= 0.3 is 24.7 Å². The van der Waals surface area contributed by atoms with E-state index < -0.39 is 70.5 Å². The predicted octanol–water partition coefficient (Wildman–Crippen LogP) is 13.2. The standard InChI is InChI=1S/C24H36F6O3.C20H26F6O3/c1-3-7-18(4-2)32-21-13-16-10-17(14-21)12-20(11-16,15-21)22(23(25,26)27,24(28,29)30)33-19-8-5-6-9-31-19;1-2-28-17-10-13-7-14(11-17)9-16(8-13,12-17)18(19(21,22)23,20(24,25)26)29-15-5-3-4-6-27-15/h16-19H,3-15H2,1-2H3;2,13-15H,1,3-12H2. The topological polar surface area (TPSA) is 55.4 Å². The van der Waals surface area contributed by atoms with E-state index in [2.05, 4.69) is 6.58 Å². The molecule has 8 aliphatic carbocycles. The van der Waals surface area contributed by atoms with Gasteiger partial charge in [0.2, 0.25) is 0 Å². The van der Waals surface area contributed by atoms with Gasteiger partial charge in [-0.05, 0) is 152 Å². The van der Waals surface area contributed by atoms with Gasteiger partial charge in [-0.1, -0.05) is 26.8 Å². The van der Waals surface area contributed by atoms with E-state index in [9.17, 15) is 52.7 Å². The highest BCUT2D eigenvalue weighted by molar-refractivity contribution is 5.22. The summed E-state index contributed by atoms with van der Waals surface area (Å²) >= 11 is 0. The van der Waals surface area contributed by atoms with Crippen molar-refractivity contribution in [3.63, 3.8) is 0 Å². The minimum atomic E-state index is -5.63. The molecule has 7 unspecified atom stereocenters. The van der Waals surface area contributed by atoms with Crippen molar-refractivity contribution >= 4 is 0 Å². The Bertz CT molecular complexity index is 1490. The van der Waals surface area contributed by atoms with E-state index in [1.807, 2.05) is 13.8 Å². The lowest BCUT2D eigenvalue weighted by molar-refractivity contribution is -0.459. The van der Waals surface area contributed by atoms with Crippen molar-refractivity contribution in [2.24, 2.45) is 34.5 Å². The number of alkyl halides is 12. The van der Waals surface area contributed by atoms with E-state index in [-0.39, 0.29) is 94.4 Å². The van der Waals surface area contributed by atoms with Crippen molar-refractivity contribution in [3.05, 3.63) is 12.8 Å². The summed E-state index contributed by atoms with van der Waals surface area (Å²) < 4.78 is 208. The third kappa shape index (κ3) is 8.32. The van der Waals surface area contributed by atoms with Gasteiger partial charge in [-0.3, -0.25) is 0 Å². The molecule has 2 heterocycles. The molecule has 2 aliphatic heterocycles. The normalized spacial score (nSPS) is 39.0. The zero-order valence-corrected chi connectivity index (χ0v) is 35.6. The molecule has 6 nitrogen and oxygen atoms in total. The Morgan fingerprint density at radius 3 is 1.29 bits per heavy atom. The highest BCUT2D eigenvalue weighted by Gasteiger charge is 2.86. The first-order valence-electron chi connectivity index (χ1n) is 22.7. The molecule has 18 heteroatoms. The van der Waals surface area contributed by atoms with Crippen LogP contribution in [0.25, 0.3) is 0 Å². The largest absolute Gasteiger partial charge is 0.495 e. The minimum Gasteiger partial charge on any atom is -0.495 e. The van der Waals surface area contributed by atoms with Crippen LogP contribution in [0.2, 0.25) is 0 Å². The Morgan fingerprint density at radius 1 is 0.581 bits per heavy atom. The van der Waals surface area contributed by atoms with Gasteiger partial charge in [0, 0.05) is 24.0 Å². The molecule has 0 spiro atoms. The molecule has 7 atom stereocenters. The molecule has 0 aromatic heterocycles. The fourth-order valence-electron chi connectivity index (χ4n) is 14.7. The summed E-state index contributed by atoms with van der Waals surface area (Å²) in [5, 5.41) is 0. The zero-order valence-electron chi connectivity index (χ0n) is 35.6. The van der Waals surface area contributed by atoms with Gasteiger partial charge in [0.25, 0.3) is 11.2 Å². The van der Waals surface area contributed by atoms with Crippen LogP contribution in [0.5, 0.6) is 0 Å². The maximum atomic E-state index is 14.8. The minimum absolute atomic E-state index is 0.0190. The van der Waals surface area contributed by atoms with Crippen molar-refractivity contribution in [1.82, 2.24) is 0 Å². The van der Waals surface area contributed by atoms with Gasteiger partial charge in [0.15, 0.2) is 12.6 Å². The molecular weight excluding hydrogens is 852 g/mol. The quantitative estimate of drug-likeness (QED) is 0.136. The third-order valence-corrected chi connectivity index (χ3v) is 15.8. The van der Waals surface area contributed by atoms with Gasteiger partial charge in [-0.2, -0.15) is 52.7 Å². The molecule has 10 fully saturated rings. The van der Waals surface area contributed by atoms with Crippen LogP contribution in [0.3, 0.4) is 0 Å². The molecule has 62 heavy (non-hydrogen) atoms. The molecule has 2 saturated heterocycles. The van der Waals surface area contributed by atoms with Crippen LogP contribution < -0.4 is 0 Å². The van der Waals surface area contributed by atoms with Crippen molar-refractivity contribution < 1.29 is 81.1 Å². The fraction of sp³-hybridized carbons (Fsp3) is 0.955. The zero-order chi connectivity index (χ0) is 45.3. The Kier molecular flexibility index (Phi) is 13.3. The number of rotatable bonds is 13. The lowest BCUT2D eigenvalue weighted by Crippen LogP contribution is -2.75. The SMILES string of the molecule is C=COC12CC3CC(C1)CC(C(OC1CCCCO1)(C(F)(F)F)C(F)(F)F)(C3)C2.CCCC(CC)OC12CC3CC(C1)CC(C(OC1CCCCO1)(C(F)(F)F)C(F)(F)F)(C3)C2. The molecule has 10 aliphatic rings. The van der Waals surface area contributed by atoms with Gasteiger partial charge in [-0.25, -0.2) is 0 Å². The average Bonchev–Trinajstić information content (AvgIpc) is 3.13. The first kappa shape index (κ1) is 48.4. The van der Waals surface area contributed by atoms with Crippen molar-refractivity contribution in [1.29, 1.82) is 0 Å². The van der Waals surface area contributed by atoms with Crippen LogP contribution >= 0.6 is 0 Å². The molecule has 8 bridgehead atoms. The number of halogens is 12. The van der Waals surface area contributed by atoms with Gasteiger partial charge < -0.3 is 28.4 Å². The summed E-state index contributed by atoms with van der Waals surface area (Å²) in [5.74, 6) is -0.942. The Labute approximate surface area is 355 Å². The lowest BCUT2D eigenvalue weighted by atomic mass is 9.43. The number of hydrogen-bond acceptors (Lipinski definition) is 6. The summed E-state index contributed by atoms with van der Waals surface area (Å²) in [7, 11) is 0. The average molecular weight is 915 g/mol. The van der Waals surface area contributed by atoms with Crippen LogP contribution in [0, 0.1) is 34.5 Å². The lowest BCUT2D eigenvalue weighted by Gasteiger charge is -2.66. The van der Waals surface area contributed by atoms with Gasteiger partial charge in [0.05, 0.1) is 18.0 Å². The molecule has 8 saturated carbocycles. The molecular formula is C44H62F12O6. The maximum Gasteiger partial charge on any atom is 0.427 e. The smallest absolute Gasteiger partial charge is 0.427 e. The monoisotopic (exact) mass is 914 g/mol. The molecule has 0 aromatic carbocycles. The molecule has 0 N–H and O–H groups in total. The Morgan fingerprint density at radius 2 is 0.968 bits per heavy atom. The second kappa shape index (κ2) is 17.0. The van der Waals surface area contributed by atoms with Crippen molar-refractivity contribution in [2.75, 3.05) is 13.2 Å². The summed E-state index contributed by atoms with van der Waals surface area (Å²) in [5.41, 5.74) is -14.7. The molecule has 10 rings (SSSR count). The van der Waals surface area contributed by atoms with E-state index in [1.54, 1.807) is 0 Å². The fourth-order valence-corrected chi connectivity index (χ4v) is 14.7. The van der Waals surface area contributed by atoms with Crippen LogP contribution in [-0.2, 0) is 28.4 Å². The second-order valence-corrected chi connectivity index (χ2v) is 20.3. The van der Waals surface area contributed by atoms with Crippen LogP contribution in [-0.4, -0.2) is 79.0 Å². The van der Waals surface area contributed by atoms with E-state index in [4.69, 9.17) is 28.4 Å². The van der Waals surface area contributed by atoms with Crippen LogP contribution in [0.1, 0.15) is 149 Å². The first-order valence-corrected chi connectivity index (χ1v) is 22.7. The van der Waals surface area contributed by atoms with Crippen molar-refractivity contribution in [3.8, 4) is 0 Å². The highest BCUT2D eigenvalue weighted by Crippen LogP contribution is 2.74. The molecule has 0 amide bonds. The maximum absolute atomic E-state index is 14.8. The molecule has 358 valence electrons. The summed E-state index contributed by atoms with van der Waals surface area (Å²) in [6.07, 6.45) is -17.9. The summed E-state index contributed by atoms with van der Waals surface area (Å²) in [6, 6.07) is 0. The molecule has 0 radical (unpaired) electrons. The van der Waals surface area contributed by atoms with E-state index in [0.717, 1.165) is 19.1 Å². The highest BCUT2D eigenvalue weighted by atomic mass is 19.4. The Hall–Kier alpha value is -1.50. The van der Waals surface area contributed by atoms with Crippen LogP contribution in [0.4, 0.5) is 52.7 Å². The van der Waals surface area contributed by atoms with E-state index in [1.165, 1.54) is 0 Å². The number of ether oxygens (including phenoxy) is 6. The van der Waals surface area contributed by atoms with Crippen LogP contribution in [0.15, 0.2) is 12.8 Å². The predicted molar refractivity (Wildman–Crippen MR) is 200 cm³/mol. The summed E-state index contributed by atoms with van der Waals surface area (Å²) in [6.45, 7) is 7.66. The van der Waals surface area contributed by atoms with E-state index in [0.29, 0.717) is 70.6 Å². The third-order valence-electron chi connectivity index (χ3n) is 15.8. The molecule has 0 aromatic rings. The van der Waals surface area contributed by atoms with Gasteiger partial charge in [0.1, 0.15) is 5.60 Å². The number of hydrogen-bond donors (Lipinski definition) is 0. The second-order valence-electron chi connectivity index (χ2n) is 20.3. The van der Waals surface area contributed by atoms with E-state index >= 15 is 0 Å². The first-order chi connectivity index (χ1) is 28.9.